The second-order valence-corrected chi connectivity index (χ2v) is 7.72. The molecule has 1 aromatic heterocycles. The summed E-state index contributed by atoms with van der Waals surface area (Å²) in [6.07, 6.45) is 4.12. The van der Waals surface area contributed by atoms with Crippen LogP contribution in [-0.4, -0.2) is 29.0 Å². The highest BCUT2D eigenvalue weighted by Gasteiger charge is 2.33. The number of nitriles is 1. The summed E-state index contributed by atoms with van der Waals surface area (Å²) in [5.41, 5.74) is 0.143. The number of carbonyl (C=O) groups is 2. The van der Waals surface area contributed by atoms with Gasteiger partial charge in [-0.2, -0.15) is 5.26 Å². The molecule has 0 atom stereocenters. The highest BCUT2D eigenvalue weighted by Crippen LogP contribution is 2.28. The summed E-state index contributed by atoms with van der Waals surface area (Å²) in [6.45, 7) is -0.434. The van der Waals surface area contributed by atoms with Gasteiger partial charge < -0.3 is 10.1 Å². The van der Waals surface area contributed by atoms with E-state index in [1.54, 1.807) is 17.5 Å². The topological polar surface area (TPSA) is 92.1 Å². The van der Waals surface area contributed by atoms with Crippen LogP contribution in [0.1, 0.15) is 42.6 Å². The van der Waals surface area contributed by atoms with Crippen molar-refractivity contribution < 1.29 is 14.3 Å². The normalized spacial score (nSPS) is 15.6. The molecule has 0 saturated heterocycles. The fourth-order valence-electron chi connectivity index (χ4n) is 3.02. The Hall–Kier alpha value is -2.43. The molecule has 6 nitrogen and oxygen atoms in total. The first-order valence-electron chi connectivity index (χ1n) is 8.62. The number of hydrogen-bond acceptors (Lipinski definition) is 6. The van der Waals surface area contributed by atoms with Gasteiger partial charge in [-0.25, -0.2) is 9.78 Å². The van der Waals surface area contributed by atoms with Crippen molar-refractivity contribution in [1.29, 1.82) is 5.26 Å². The Morgan fingerprint density at radius 1 is 1.26 bits per heavy atom. The summed E-state index contributed by atoms with van der Waals surface area (Å²) in [5.74, 6) is -1.14. The summed E-state index contributed by atoms with van der Waals surface area (Å²) in [7, 11) is 0. The molecular weight excluding hydrogens is 386 g/mol. The number of aromatic nitrogens is 1. The number of thiazole rings is 1. The highest BCUT2D eigenvalue weighted by atomic mass is 35.5. The number of halogens is 1. The van der Waals surface area contributed by atoms with Crippen LogP contribution in [0.25, 0.3) is 10.6 Å². The van der Waals surface area contributed by atoms with Crippen molar-refractivity contribution in [2.45, 2.75) is 37.6 Å². The monoisotopic (exact) mass is 403 g/mol. The smallest absolute Gasteiger partial charge is 0.358 e. The quantitative estimate of drug-likeness (QED) is 0.762. The molecule has 1 saturated carbocycles. The second-order valence-electron chi connectivity index (χ2n) is 6.42. The number of ether oxygens (including phenoxy) is 1. The van der Waals surface area contributed by atoms with E-state index in [1.165, 1.54) is 11.3 Å². The lowest BCUT2D eigenvalue weighted by molar-refractivity contribution is -0.125. The third-order valence-electron chi connectivity index (χ3n) is 4.44. The number of nitrogens with zero attached hydrogens (tertiary/aromatic N) is 2. The zero-order valence-electron chi connectivity index (χ0n) is 14.5. The van der Waals surface area contributed by atoms with Gasteiger partial charge in [0.2, 0.25) is 0 Å². The fraction of sp³-hybridized carbons (Fsp3) is 0.368. The number of esters is 1. The van der Waals surface area contributed by atoms with E-state index >= 15 is 0 Å². The van der Waals surface area contributed by atoms with Gasteiger partial charge in [-0.3, -0.25) is 4.79 Å². The lowest BCUT2D eigenvalue weighted by atomic mass is 9.83. The van der Waals surface area contributed by atoms with Gasteiger partial charge in [0, 0.05) is 16.0 Å². The first kappa shape index (κ1) is 19.3. The number of carbonyl (C=O) groups excluding carboxylic acids is 2. The van der Waals surface area contributed by atoms with Gasteiger partial charge in [0.1, 0.15) is 10.5 Å². The summed E-state index contributed by atoms with van der Waals surface area (Å²) in [4.78, 5) is 28.5. The van der Waals surface area contributed by atoms with Gasteiger partial charge in [0.15, 0.2) is 12.3 Å². The maximum atomic E-state index is 12.1. The lowest BCUT2D eigenvalue weighted by Gasteiger charge is -2.31. The number of amides is 1. The summed E-state index contributed by atoms with van der Waals surface area (Å²) in [6, 6.07) is 9.32. The van der Waals surface area contributed by atoms with E-state index in [4.69, 9.17) is 16.3 Å². The molecule has 1 N–H and O–H groups in total. The van der Waals surface area contributed by atoms with E-state index in [0.717, 1.165) is 24.8 Å². The number of nitrogens with one attached hydrogen (secondary N) is 1. The van der Waals surface area contributed by atoms with Gasteiger partial charge in [0.05, 0.1) is 6.07 Å². The molecule has 3 rings (SSSR count). The predicted molar refractivity (Wildman–Crippen MR) is 102 cm³/mol. The SMILES string of the molecule is N#CC1(NC(=O)COC(=O)c2csc(-c3ccc(Cl)cc3)n2)CCCCC1. The Balaban J connectivity index is 1.55. The summed E-state index contributed by atoms with van der Waals surface area (Å²) in [5, 5.41) is 15.0. The third-order valence-corrected chi connectivity index (χ3v) is 5.58. The van der Waals surface area contributed by atoms with E-state index in [1.807, 2.05) is 12.1 Å². The van der Waals surface area contributed by atoms with Crippen LogP contribution in [-0.2, 0) is 9.53 Å². The second kappa shape index (κ2) is 8.51. The predicted octanol–water partition coefficient (Wildman–Crippen LogP) is 3.96. The van der Waals surface area contributed by atoms with E-state index < -0.39 is 24.0 Å². The molecule has 1 heterocycles. The van der Waals surface area contributed by atoms with Crippen molar-refractivity contribution in [3.8, 4) is 16.6 Å². The van der Waals surface area contributed by atoms with Gasteiger partial charge in [0.25, 0.3) is 5.91 Å². The van der Waals surface area contributed by atoms with Crippen LogP contribution < -0.4 is 5.32 Å². The van der Waals surface area contributed by atoms with E-state index in [9.17, 15) is 14.9 Å². The van der Waals surface area contributed by atoms with Crippen molar-refractivity contribution in [3.63, 3.8) is 0 Å². The molecule has 1 amide bonds. The molecule has 1 aliphatic rings. The highest BCUT2D eigenvalue weighted by molar-refractivity contribution is 7.13. The standard InChI is InChI=1S/C19H18ClN3O3S/c20-14-6-4-13(5-7-14)17-22-15(11-27-17)18(25)26-10-16(24)23-19(12-21)8-2-1-3-9-19/h4-7,11H,1-3,8-10H2,(H,23,24). The first-order valence-corrected chi connectivity index (χ1v) is 9.88. The van der Waals surface area contributed by atoms with Crippen molar-refractivity contribution in [2.75, 3.05) is 6.61 Å². The molecule has 0 bridgehead atoms. The average Bonchev–Trinajstić information content (AvgIpc) is 3.18. The molecule has 0 aliphatic heterocycles. The maximum absolute atomic E-state index is 12.1. The van der Waals surface area contributed by atoms with Crippen molar-refractivity contribution in [2.24, 2.45) is 0 Å². The van der Waals surface area contributed by atoms with Crippen molar-refractivity contribution in [3.05, 3.63) is 40.4 Å². The number of benzene rings is 1. The van der Waals surface area contributed by atoms with Crippen molar-refractivity contribution in [1.82, 2.24) is 10.3 Å². The molecule has 2 aromatic rings. The minimum atomic E-state index is -0.843. The number of hydrogen-bond donors (Lipinski definition) is 1. The van der Waals surface area contributed by atoms with E-state index in [2.05, 4.69) is 16.4 Å². The van der Waals surface area contributed by atoms with E-state index in [-0.39, 0.29) is 5.69 Å². The summed E-state index contributed by atoms with van der Waals surface area (Å²) >= 11 is 7.17. The largest absolute Gasteiger partial charge is 0.451 e. The molecular formula is C19H18ClN3O3S. The Morgan fingerprint density at radius 3 is 2.63 bits per heavy atom. The zero-order valence-corrected chi connectivity index (χ0v) is 16.1. The summed E-state index contributed by atoms with van der Waals surface area (Å²) < 4.78 is 5.05. The Labute approximate surface area is 166 Å². The molecule has 140 valence electrons. The molecule has 0 unspecified atom stereocenters. The maximum Gasteiger partial charge on any atom is 0.358 e. The minimum Gasteiger partial charge on any atom is -0.451 e. The van der Waals surface area contributed by atoms with Gasteiger partial charge in [-0.1, -0.05) is 43.0 Å². The van der Waals surface area contributed by atoms with Crippen LogP contribution in [0.3, 0.4) is 0 Å². The van der Waals surface area contributed by atoms with Crippen LogP contribution in [0.2, 0.25) is 5.02 Å². The molecule has 0 spiro atoms. The zero-order chi connectivity index (χ0) is 19.3. The first-order chi connectivity index (χ1) is 13.0. The Kier molecular flexibility index (Phi) is 6.09. The molecule has 27 heavy (non-hydrogen) atoms. The lowest BCUT2D eigenvalue weighted by Crippen LogP contribution is -2.50. The Bertz CT molecular complexity index is 867. The average molecular weight is 404 g/mol. The third kappa shape index (κ3) is 4.85. The Morgan fingerprint density at radius 2 is 1.96 bits per heavy atom. The van der Waals surface area contributed by atoms with Crippen LogP contribution >= 0.6 is 22.9 Å². The number of rotatable bonds is 5. The fourth-order valence-corrected chi connectivity index (χ4v) is 3.94. The van der Waals surface area contributed by atoms with Crippen LogP contribution in [0.15, 0.2) is 29.6 Å². The van der Waals surface area contributed by atoms with Crippen LogP contribution in [0.5, 0.6) is 0 Å². The van der Waals surface area contributed by atoms with E-state index in [0.29, 0.717) is 22.9 Å². The molecule has 1 aromatic carbocycles. The van der Waals surface area contributed by atoms with Gasteiger partial charge >= 0.3 is 5.97 Å². The minimum absolute atomic E-state index is 0.144. The van der Waals surface area contributed by atoms with Crippen LogP contribution in [0.4, 0.5) is 0 Å². The van der Waals surface area contributed by atoms with Gasteiger partial charge in [-0.15, -0.1) is 11.3 Å². The molecule has 8 heteroatoms. The molecule has 0 radical (unpaired) electrons. The molecule has 1 aliphatic carbocycles. The van der Waals surface area contributed by atoms with Crippen LogP contribution in [0, 0.1) is 11.3 Å². The van der Waals surface area contributed by atoms with Gasteiger partial charge in [-0.05, 0) is 25.0 Å². The van der Waals surface area contributed by atoms with Crippen molar-refractivity contribution >= 4 is 34.8 Å². The molecule has 1 fully saturated rings.